The second-order valence-corrected chi connectivity index (χ2v) is 9.03. The molecule has 0 amide bonds. The van der Waals surface area contributed by atoms with Crippen molar-refractivity contribution in [3.05, 3.63) is 70.5 Å². The van der Waals surface area contributed by atoms with Crippen LogP contribution in [0.15, 0.2) is 42.5 Å². The zero-order valence-corrected chi connectivity index (χ0v) is 14.9. The van der Waals surface area contributed by atoms with Gasteiger partial charge in [-0.3, -0.25) is 0 Å². The number of rotatable bonds is 2. The van der Waals surface area contributed by atoms with Crippen LogP contribution in [0, 0.1) is 5.82 Å². The van der Waals surface area contributed by atoms with E-state index in [0.29, 0.717) is 0 Å². The SMILES string of the molecule is CN(C)C[C@H]1C[C@@H]2c3ccccc3Cc3ccc(F)cc3[C@H]2[S@+]1[O-]. The fourth-order valence-corrected chi connectivity index (χ4v) is 6.62. The maximum absolute atomic E-state index is 13.9. The second kappa shape index (κ2) is 6.17. The third kappa shape index (κ3) is 2.67. The second-order valence-electron chi connectivity index (χ2n) is 7.19. The van der Waals surface area contributed by atoms with Gasteiger partial charge >= 0.3 is 0 Å². The summed E-state index contributed by atoms with van der Waals surface area (Å²) < 4.78 is 27.2. The van der Waals surface area contributed by atoms with E-state index in [2.05, 4.69) is 29.2 Å². The highest BCUT2D eigenvalue weighted by Crippen LogP contribution is 2.53. The van der Waals surface area contributed by atoms with Crippen LogP contribution in [0.25, 0.3) is 0 Å². The van der Waals surface area contributed by atoms with Gasteiger partial charge in [-0.25, -0.2) is 4.39 Å². The molecule has 0 N–H and O–H groups in total. The molecule has 1 aliphatic carbocycles. The highest BCUT2D eigenvalue weighted by molar-refractivity contribution is 7.92. The third-order valence-corrected chi connectivity index (χ3v) is 7.36. The summed E-state index contributed by atoms with van der Waals surface area (Å²) in [5.74, 6) is -0.0125. The summed E-state index contributed by atoms with van der Waals surface area (Å²) >= 11 is -0.994. The molecule has 0 aromatic heterocycles. The highest BCUT2D eigenvalue weighted by Gasteiger charge is 2.50. The summed E-state index contributed by atoms with van der Waals surface area (Å²) in [6, 6.07) is 13.5. The van der Waals surface area contributed by atoms with Crippen molar-refractivity contribution in [3.63, 3.8) is 0 Å². The number of benzene rings is 2. The van der Waals surface area contributed by atoms with E-state index in [0.717, 1.165) is 30.5 Å². The summed E-state index contributed by atoms with van der Waals surface area (Å²) in [5.41, 5.74) is 4.67. The standard InChI is InChI=1S/C20H22FNOS/c1-22(2)12-16-11-19-17-6-4-3-5-13(17)9-14-7-8-15(21)10-18(14)20(19)24(16)23/h3-8,10,16,19-20H,9,11-12H2,1-2H3/t16-,19-,20-,24-/m1/s1. The Bertz CT molecular complexity index is 763. The Morgan fingerprint density at radius 2 is 1.88 bits per heavy atom. The molecule has 4 atom stereocenters. The zero-order chi connectivity index (χ0) is 16.8. The summed E-state index contributed by atoms with van der Waals surface area (Å²) in [4.78, 5) is 2.10. The molecule has 1 saturated heterocycles. The lowest BCUT2D eigenvalue weighted by Crippen LogP contribution is -2.30. The predicted molar refractivity (Wildman–Crippen MR) is 96.2 cm³/mol. The van der Waals surface area contributed by atoms with E-state index in [1.54, 1.807) is 6.07 Å². The summed E-state index contributed by atoms with van der Waals surface area (Å²) in [5, 5.41) is 0.0431. The Kier molecular flexibility index (Phi) is 4.15. The molecule has 2 nitrogen and oxygen atoms in total. The molecule has 1 heterocycles. The van der Waals surface area contributed by atoms with Crippen molar-refractivity contribution in [2.24, 2.45) is 0 Å². The smallest absolute Gasteiger partial charge is 0.148 e. The van der Waals surface area contributed by atoms with Crippen LogP contribution in [0.4, 0.5) is 4.39 Å². The summed E-state index contributed by atoms with van der Waals surface area (Å²) in [7, 11) is 4.04. The number of fused-ring (bicyclic) bond motifs is 5. The normalized spacial score (nSPS) is 28.2. The van der Waals surface area contributed by atoms with Gasteiger partial charge in [-0.2, -0.15) is 0 Å². The van der Waals surface area contributed by atoms with E-state index in [1.807, 2.05) is 20.2 Å². The Balaban J connectivity index is 1.85. The Morgan fingerprint density at radius 3 is 2.67 bits per heavy atom. The van der Waals surface area contributed by atoms with Crippen molar-refractivity contribution in [1.29, 1.82) is 0 Å². The fraction of sp³-hybridized carbons (Fsp3) is 0.400. The number of halogens is 1. The fourth-order valence-electron chi connectivity index (χ4n) is 4.31. The van der Waals surface area contributed by atoms with E-state index < -0.39 is 11.2 Å². The van der Waals surface area contributed by atoms with Crippen LogP contribution in [-0.2, 0) is 17.6 Å². The van der Waals surface area contributed by atoms with Crippen molar-refractivity contribution < 1.29 is 8.94 Å². The van der Waals surface area contributed by atoms with Crippen LogP contribution in [0.1, 0.15) is 39.8 Å². The lowest BCUT2D eigenvalue weighted by Gasteiger charge is -2.23. The van der Waals surface area contributed by atoms with Gasteiger partial charge in [-0.1, -0.05) is 30.3 Å². The van der Waals surface area contributed by atoms with Crippen LogP contribution in [0.3, 0.4) is 0 Å². The topological polar surface area (TPSA) is 26.3 Å². The lowest BCUT2D eigenvalue weighted by molar-refractivity contribution is 0.394. The molecule has 0 saturated carbocycles. The maximum atomic E-state index is 13.9. The molecule has 2 aromatic carbocycles. The zero-order valence-electron chi connectivity index (χ0n) is 14.0. The molecule has 0 radical (unpaired) electrons. The molecule has 1 fully saturated rings. The number of nitrogens with zero attached hydrogens (tertiary/aromatic N) is 1. The first-order chi connectivity index (χ1) is 11.5. The largest absolute Gasteiger partial charge is 0.616 e. The number of hydrogen-bond acceptors (Lipinski definition) is 2. The van der Waals surface area contributed by atoms with Gasteiger partial charge in [0.15, 0.2) is 0 Å². The van der Waals surface area contributed by atoms with Crippen LogP contribution in [0.2, 0.25) is 0 Å². The average Bonchev–Trinajstić information content (AvgIpc) is 2.78. The molecule has 4 heteroatoms. The van der Waals surface area contributed by atoms with Crippen molar-refractivity contribution >= 4 is 11.2 Å². The van der Waals surface area contributed by atoms with Gasteiger partial charge in [0.05, 0.1) is 0 Å². The van der Waals surface area contributed by atoms with Crippen LogP contribution < -0.4 is 0 Å². The van der Waals surface area contributed by atoms with E-state index in [1.165, 1.54) is 17.2 Å². The lowest BCUT2D eigenvalue weighted by atomic mass is 9.87. The molecule has 0 spiro atoms. The molecular weight excluding hydrogens is 321 g/mol. The van der Waals surface area contributed by atoms with E-state index >= 15 is 0 Å². The minimum Gasteiger partial charge on any atom is -0.616 e. The first-order valence-electron chi connectivity index (χ1n) is 8.45. The van der Waals surface area contributed by atoms with Crippen LogP contribution in [0.5, 0.6) is 0 Å². The minimum atomic E-state index is -0.994. The Labute approximate surface area is 145 Å². The molecule has 0 bridgehead atoms. The maximum Gasteiger partial charge on any atom is 0.148 e. The molecule has 4 rings (SSSR count). The van der Waals surface area contributed by atoms with E-state index in [4.69, 9.17) is 0 Å². The Hall–Kier alpha value is -1.36. The van der Waals surface area contributed by atoms with Crippen molar-refractivity contribution in [2.45, 2.75) is 29.3 Å². The van der Waals surface area contributed by atoms with Gasteiger partial charge in [0, 0.05) is 24.4 Å². The quantitative estimate of drug-likeness (QED) is 0.778. The average molecular weight is 343 g/mol. The van der Waals surface area contributed by atoms with Crippen LogP contribution >= 0.6 is 0 Å². The molecule has 24 heavy (non-hydrogen) atoms. The molecule has 1 aliphatic heterocycles. The first kappa shape index (κ1) is 16.1. The minimum absolute atomic E-state index is 0.0932. The molecule has 2 aromatic rings. The highest BCUT2D eigenvalue weighted by atomic mass is 32.2. The van der Waals surface area contributed by atoms with E-state index in [-0.39, 0.29) is 22.2 Å². The number of hydrogen-bond donors (Lipinski definition) is 0. The van der Waals surface area contributed by atoms with Gasteiger partial charge in [0.2, 0.25) is 0 Å². The molecular formula is C20H22FNOS. The molecule has 126 valence electrons. The summed E-state index contributed by atoms with van der Waals surface area (Å²) in [6.07, 6.45) is 1.71. The van der Waals surface area contributed by atoms with Crippen molar-refractivity contribution in [3.8, 4) is 0 Å². The van der Waals surface area contributed by atoms with E-state index in [9.17, 15) is 8.94 Å². The summed E-state index contributed by atoms with van der Waals surface area (Å²) in [6.45, 7) is 0.812. The monoisotopic (exact) mass is 343 g/mol. The molecule has 2 aliphatic rings. The molecule has 0 unspecified atom stereocenters. The van der Waals surface area contributed by atoms with Gasteiger partial charge < -0.3 is 9.45 Å². The van der Waals surface area contributed by atoms with Crippen molar-refractivity contribution in [1.82, 2.24) is 4.90 Å². The first-order valence-corrected chi connectivity index (χ1v) is 9.72. The Morgan fingerprint density at radius 1 is 1.12 bits per heavy atom. The van der Waals surface area contributed by atoms with Crippen molar-refractivity contribution in [2.75, 3.05) is 20.6 Å². The predicted octanol–water partition coefficient (Wildman–Crippen LogP) is 3.64. The van der Waals surface area contributed by atoms with Gasteiger partial charge in [-0.05, 0) is 60.5 Å². The third-order valence-electron chi connectivity index (χ3n) is 5.28. The van der Waals surface area contributed by atoms with Crippen LogP contribution in [-0.4, -0.2) is 35.3 Å². The van der Waals surface area contributed by atoms with Gasteiger partial charge in [-0.15, -0.1) is 0 Å². The van der Waals surface area contributed by atoms with Gasteiger partial charge in [0.1, 0.15) is 16.3 Å². The van der Waals surface area contributed by atoms with Gasteiger partial charge in [0.25, 0.3) is 0 Å².